The van der Waals surface area contributed by atoms with Crippen molar-refractivity contribution in [1.82, 2.24) is 0 Å². The van der Waals surface area contributed by atoms with Crippen LogP contribution in [0.5, 0.6) is 0 Å². The SMILES string of the molecule is CC1(C)c2ccccc2-c2ccc(N(c3ccc(-c4ccccc4)cc3)c3ccc4c(c3)-c3c(ccc5ccccc35)C43c4ccccc4-c4ccccc43)cc21. The molecule has 0 unspecified atom stereocenters. The fourth-order valence-electron chi connectivity index (χ4n) is 10.8. The van der Waals surface area contributed by atoms with Crippen LogP contribution in [0, 0.1) is 0 Å². The highest BCUT2D eigenvalue weighted by molar-refractivity contribution is 6.07. The van der Waals surface area contributed by atoms with Gasteiger partial charge in [0.1, 0.15) is 0 Å². The van der Waals surface area contributed by atoms with Gasteiger partial charge in [0.2, 0.25) is 0 Å². The predicted octanol–water partition coefficient (Wildman–Crippen LogP) is 14.6. The molecule has 3 aliphatic carbocycles. The maximum atomic E-state index is 2.48. The molecule has 0 atom stereocenters. The van der Waals surface area contributed by atoms with Gasteiger partial charge in [0, 0.05) is 22.5 Å². The molecule has 0 heterocycles. The topological polar surface area (TPSA) is 3.24 Å². The molecule has 0 aliphatic heterocycles. The zero-order valence-corrected chi connectivity index (χ0v) is 32.0. The van der Waals surface area contributed by atoms with Crippen LogP contribution in [0.25, 0.3) is 55.3 Å². The van der Waals surface area contributed by atoms with Crippen LogP contribution in [0.3, 0.4) is 0 Å². The highest BCUT2D eigenvalue weighted by Crippen LogP contribution is 2.64. The molecule has 9 aromatic rings. The van der Waals surface area contributed by atoms with Crippen molar-refractivity contribution < 1.29 is 0 Å². The summed E-state index contributed by atoms with van der Waals surface area (Å²) in [5.41, 5.74) is 21.5. The zero-order chi connectivity index (χ0) is 37.9. The summed E-state index contributed by atoms with van der Waals surface area (Å²) in [7, 11) is 0. The van der Waals surface area contributed by atoms with Crippen molar-refractivity contribution in [1.29, 1.82) is 0 Å². The third-order valence-corrected chi connectivity index (χ3v) is 13.3. The Morgan fingerprint density at radius 1 is 0.333 bits per heavy atom. The maximum Gasteiger partial charge on any atom is 0.0725 e. The van der Waals surface area contributed by atoms with Crippen LogP contribution in [-0.4, -0.2) is 0 Å². The van der Waals surface area contributed by atoms with Crippen molar-refractivity contribution in [3.63, 3.8) is 0 Å². The molecule has 1 heteroatoms. The number of rotatable bonds is 4. The Morgan fingerprint density at radius 3 is 1.58 bits per heavy atom. The summed E-state index contributed by atoms with van der Waals surface area (Å²) in [5, 5.41) is 2.56. The average molecular weight is 726 g/mol. The smallest absolute Gasteiger partial charge is 0.0725 e. The van der Waals surface area contributed by atoms with E-state index in [2.05, 4.69) is 219 Å². The maximum absolute atomic E-state index is 2.48. The minimum atomic E-state index is -0.411. The van der Waals surface area contributed by atoms with Crippen LogP contribution in [0.4, 0.5) is 17.1 Å². The van der Waals surface area contributed by atoms with Gasteiger partial charge in [0.05, 0.1) is 5.41 Å². The van der Waals surface area contributed by atoms with Gasteiger partial charge < -0.3 is 4.90 Å². The summed E-state index contributed by atoms with van der Waals surface area (Å²) in [5.74, 6) is 0. The van der Waals surface area contributed by atoms with E-state index in [1.165, 1.54) is 88.7 Å². The number of benzene rings is 9. The highest BCUT2D eigenvalue weighted by atomic mass is 15.1. The monoisotopic (exact) mass is 725 g/mol. The lowest BCUT2D eigenvalue weighted by atomic mass is 9.70. The Bertz CT molecular complexity index is 3050. The molecular formula is C56H39N. The van der Waals surface area contributed by atoms with E-state index in [9.17, 15) is 0 Å². The Labute approximate surface area is 334 Å². The fraction of sp³-hybridized carbons (Fsp3) is 0.0714. The Balaban J connectivity index is 1.12. The van der Waals surface area contributed by atoms with Crippen molar-refractivity contribution in [3.8, 4) is 44.5 Å². The Kier molecular flexibility index (Phi) is 6.67. The normalized spacial score (nSPS) is 14.4. The molecule has 3 aliphatic rings. The average Bonchev–Trinajstić information content (AvgIpc) is 3.83. The second-order valence-corrected chi connectivity index (χ2v) is 16.4. The van der Waals surface area contributed by atoms with Crippen molar-refractivity contribution in [2.45, 2.75) is 24.7 Å². The van der Waals surface area contributed by atoms with E-state index in [1.54, 1.807) is 0 Å². The van der Waals surface area contributed by atoms with Crippen molar-refractivity contribution >= 4 is 27.8 Å². The van der Waals surface area contributed by atoms with Crippen molar-refractivity contribution in [3.05, 3.63) is 234 Å². The Hall–Kier alpha value is -6.96. The number of nitrogens with zero attached hydrogens (tertiary/aromatic N) is 1. The van der Waals surface area contributed by atoms with E-state index in [1.807, 2.05) is 0 Å². The van der Waals surface area contributed by atoms with Crippen LogP contribution in [0.2, 0.25) is 0 Å². The Morgan fingerprint density at radius 2 is 0.842 bits per heavy atom. The molecular weight excluding hydrogens is 687 g/mol. The molecule has 0 amide bonds. The molecule has 12 rings (SSSR count). The van der Waals surface area contributed by atoms with E-state index >= 15 is 0 Å². The summed E-state index contributed by atoms with van der Waals surface area (Å²) in [6.07, 6.45) is 0. The van der Waals surface area contributed by atoms with E-state index in [0.717, 1.165) is 17.1 Å². The van der Waals surface area contributed by atoms with Gasteiger partial charge in [0.25, 0.3) is 0 Å². The molecule has 0 aromatic heterocycles. The lowest BCUT2D eigenvalue weighted by molar-refractivity contribution is 0.660. The lowest BCUT2D eigenvalue weighted by Gasteiger charge is -2.31. The molecule has 0 fully saturated rings. The van der Waals surface area contributed by atoms with Gasteiger partial charge in [0.15, 0.2) is 0 Å². The quantitative estimate of drug-likeness (QED) is 0.175. The summed E-state index contributed by atoms with van der Waals surface area (Å²) in [6, 6.07) is 74.9. The van der Waals surface area contributed by atoms with Crippen LogP contribution < -0.4 is 4.90 Å². The molecule has 9 aromatic carbocycles. The molecule has 268 valence electrons. The zero-order valence-electron chi connectivity index (χ0n) is 32.0. The van der Waals surface area contributed by atoms with Crippen LogP contribution in [0.1, 0.15) is 47.2 Å². The standard InChI is InChI=1S/C56H39N/c1-55(2)48-21-11-8-18-43(48)46-31-29-41(35-53(46)55)57(39-27-24-37(25-28-39)36-14-4-3-5-15-36)40-30-33-51-47(34-40)54-42-17-7-6-16-38(42)26-32-52(54)56(51)49-22-12-9-19-44(49)45-20-10-13-23-50(45)56/h3-35H,1-2H3. The molecule has 0 saturated carbocycles. The molecule has 1 nitrogen and oxygen atoms in total. The van der Waals surface area contributed by atoms with Gasteiger partial charge in [-0.1, -0.05) is 178 Å². The number of hydrogen-bond acceptors (Lipinski definition) is 1. The molecule has 0 N–H and O–H groups in total. The summed E-state index contributed by atoms with van der Waals surface area (Å²) in [4.78, 5) is 2.47. The molecule has 1 spiro atoms. The predicted molar refractivity (Wildman–Crippen MR) is 238 cm³/mol. The van der Waals surface area contributed by atoms with Gasteiger partial charge in [-0.2, -0.15) is 0 Å². The van der Waals surface area contributed by atoms with Crippen molar-refractivity contribution in [2.24, 2.45) is 0 Å². The van der Waals surface area contributed by atoms with Gasteiger partial charge in [-0.25, -0.2) is 0 Å². The van der Waals surface area contributed by atoms with Crippen LogP contribution in [-0.2, 0) is 10.8 Å². The minimum absolute atomic E-state index is 0.115. The number of anilines is 3. The highest BCUT2D eigenvalue weighted by Gasteiger charge is 2.52. The molecule has 57 heavy (non-hydrogen) atoms. The van der Waals surface area contributed by atoms with Gasteiger partial charge in [-0.3, -0.25) is 0 Å². The van der Waals surface area contributed by atoms with Gasteiger partial charge in [-0.05, 0) is 125 Å². The first-order valence-corrected chi connectivity index (χ1v) is 20.1. The van der Waals surface area contributed by atoms with Crippen LogP contribution >= 0.6 is 0 Å². The minimum Gasteiger partial charge on any atom is -0.310 e. The first kappa shape index (κ1) is 32.3. The lowest BCUT2D eigenvalue weighted by Crippen LogP contribution is -2.25. The van der Waals surface area contributed by atoms with E-state index in [0.29, 0.717) is 0 Å². The fourth-order valence-corrected chi connectivity index (χ4v) is 10.8. The second kappa shape index (κ2) is 11.8. The van der Waals surface area contributed by atoms with Crippen molar-refractivity contribution in [2.75, 3.05) is 4.90 Å². The number of hydrogen-bond donors (Lipinski definition) is 0. The first-order valence-electron chi connectivity index (χ1n) is 20.1. The summed E-state index contributed by atoms with van der Waals surface area (Å²) in [6.45, 7) is 4.74. The molecule has 0 bridgehead atoms. The van der Waals surface area contributed by atoms with E-state index < -0.39 is 5.41 Å². The van der Waals surface area contributed by atoms with E-state index in [4.69, 9.17) is 0 Å². The van der Waals surface area contributed by atoms with Gasteiger partial charge >= 0.3 is 0 Å². The first-order chi connectivity index (χ1) is 28.0. The molecule has 0 saturated heterocycles. The summed E-state index contributed by atoms with van der Waals surface area (Å²) >= 11 is 0. The third-order valence-electron chi connectivity index (χ3n) is 13.3. The molecule has 0 radical (unpaired) electrons. The van der Waals surface area contributed by atoms with E-state index in [-0.39, 0.29) is 5.41 Å². The summed E-state index contributed by atoms with van der Waals surface area (Å²) < 4.78 is 0. The third kappa shape index (κ3) is 4.34. The van der Waals surface area contributed by atoms with Crippen LogP contribution in [0.15, 0.2) is 200 Å². The largest absolute Gasteiger partial charge is 0.310 e. The number of fused-ring (bicyclic) bond motifs is 15. The second-order valence-electron chi connectivity index (χ2n) is 16.4. The van der Waals surface area contributed by atoms with Gasteiger partial charge in [-0.15, -0.1) is 0 Å².